The van der Waals surface area contributed by atoms with Crippen molar-refractivity contribution in [3.05, 3.63) is 52.7 Å². The van der Waals surface area contributed by atoms with Crippen molar-refractivity contribution in [2.45, 2.75) is 6.42 Å². The third kappa shape index (κ3) is 2.53. The molecule has 76 valence electrons. The Morgan fingerprint density at radius 3 is 2.87 bits per heavy atom. The van der Waals surface area contributed by atoms with Gasteiger partial charge in [-0.15, -0.1) is 0 Å². The summed E-state index contributed by atoms with van der Waals surface area (Å²) >= 11 is 3.15. The number of hydrogen-bond acceptors (Lipinski definition) is 3. The zero-order chi connectivity index (χ0) is 10.7. The number of hydrogen-bond donors (Lipinski definition) is 0. The highest BCUT2D eigenvalue weighted by atomic mass is 79.9. The van der Waals surface area contributed by atoms with Crippen molar-refractivity contribution in [2.24, 2.45) is 0 Å². The fourth-order valence-electron chi connectivity index (χ4n) is 1.24. The Hall–Kier alpha value is -1.42. The van der Waals surface area contributed by atoms with Gasteiger partial charge in [-0.2, -0.15) is 0 Å². The highest BCUT2D eigenvalue weighted by Gasteiger charge is 2.10. The summed E-state index contributed by atoms with van der Waals surface area (Å²) in [6.45, 7) is 0. The third-order valence-electron chi connectivity index (χ3n) is 1.94. The smallest absolute Gasteiger partial charge is 0.202 e. The molecule has 0 saturated carbocycles. The molecule has 2 aromatic heterocycles. The summed E-state index contributed by atoms with van der Waals surface area (Å²) in [6, 6.07) is 7.03. The molecule has 0 spiro atoms. The Labute approximate surface area is 95.3 Å². The van der Waals surface area contributed by atoms with Crippen LogP contribution in [0.2, 0.25) is 0 Å². The molecule has 15 heavy (non-hydrogen) atoms. The number of Topliss-reactive ketones (excluding diaryl/α,β-unsaturated/α-hetero) is 1. The van der Waals surface area contributed by atoms with E-state index in [0.29, 0.717) is 16.9 Å². The van der Waals surface area contributed by atoms with Crippen molar-refractivity contribution in [2.75, 3.05) is 0 Å². The monoisotopic (exact) mass is 265 g/mol. The summed E-state index contributed by atoms with van der Waals surface area (Å²) in [5, 5.41) is 0. The van der Waals surface area contributed by atoms with Gasteiger partial charge in [-0.05, 0) is 39.7 Å². The van der Waals surface area contributed by atoms with Gasteiger partial charge in [0.25, 0.3) is 0 Å². The molecule has 0 atom stereocenters. The molecule has 0 amide bonds. The van der Waals surface area contributed by atoms with Crippen LogP contribution in [0.5, 0.6) is 0 Å². The summed E-state index contributed by atoms with van der Waals surface area (Å²) in [4.78, 5) is 15.6. The van der Waals surface area contributed by atoms with E-state index in [9.17, 15) is 4.79 Å². The predicted molar refractivity (Wildman–Crippen MR) is 58.7 cm³/mol. The molecule has 4 heteroatoms. The Morgan fingerprint density at radius 1 is 1.40 bits per heavy atom. The van der Waals surface area contributed by atoms with Crippen LogP contribution < -0.4 is 0 Å². The number of furan rings is 1. The molecule has 2 aromatic rings. The average molecular weight is 266 g/mol. The largest absolute Gasteiger partial charge is 0.446 e. The van der Waals surface area contributed by atoms with Gasteiger partial charge in [-0.3, -0.25) is 9.78 Å². The maximum Gasteiger partial charge on any atom is 0.202 e. The number of aromatic nitrogens is 1. The van der Waals surface area contributed by atoms with Crippen LogP contribution in [0.4, 0.5) is 0 Å². The molecule has 0 bridgehead atoms. The molecule has 0 aliphatic carbocycles. The van der Waals surface area contributed by atoms with E-state index in [4.69, 9.17) is 4.42 Å². The van der Waals surface area contributed by atoms with Gasteiger partial charge in [0.1, 0.15) is 0 Å². The molecule has 0 aliphatic rings. The molecule has 0 fully saturated rings. The highest BCUT2D eigenvalue weighted by Crippen LogP contribution is 2.15. The van der Waals surface area contributed by atoms with Gasteiger partial charge >= 0.3 is 0 Å². The second-order valence-electron chi connectivity index (χ2n) is 3.06. The normalized spacial score (nSPS) is 10.2. The van der Waals surface area contributed by atoms with Crippen LogP contribution in [0.25, 0.3) is 0 Å². The molecule has 0 N–H and O–H groups in total. The fourth-order valence-corrected chi connectivity index (χ4v) is 1.55. The number of nitrogens with zero attached hydrogens (tertiary/aromatic N) is 1. The third-order valence-corrected chi connectivity index (χ3v) is 2.36. The minimum atomic E-state index is -0.0475. The highest BCUT2D eigenvalue weighted by molar-refractivity contribution is 9.10. The van der Waals surface area contributed by atoms with Crippen LogP contribution in [0.1, 0.15) is 16.1 Å². The van der Waals surface area contributed by atoms with Crippen LogP contribution in [0.15, 0.2) is 45.7 Å². The Morgan fingerprint density at radius 2 is 2.27 bits per heavy atom. The maximum atomic E-state index is 11.7. The van der Waals surface area contributed by atoms with Gasteiger partial charge in [0.05, 0.1) is 0 Å². The zero-order valence-electron chi connectivity index (χ0n) is 7.81. The van der Waals surface area contributed by atoms with Gasteiger partial charge in [-0.1, -0.05) is 6.07 Å². The van der Waals surface area contributed by atoms with Gasteiger partial charge in [-0.25, -0.2) is 0 Å². The van der Waals surface area contributed by atoms with Crippen molar-refractivity contribution in [3.8, 4) is 0 Å². The zero-order valence-corrected chi connectivity index (χ0v) is 9.40. The predicted octanol–water partition coefficient (Wildman–Crippen LogP) is 2.86. The molecule has 0 saturated heterocycles. The molecular weight excluding hydrogens is 258 g/mol. The molecule has 2 heterocycles. The lowest BCUT2D eigenvalue weighted by atomic mass is 10.1. The maximum absolute atomic E-state index is 11.7. The van der Waals surface area contributed by atoms with Gasteiger partial charge in [0.15, 0.2) is 10.4 Å². The average Bonchev–Trinajstić information content (AvgIpc) is 2.66. The lowest BCUT2D eigenvalue weighted by Gasteiger charge is -1.96. The first-order valence-corrected chi connectivity index (χ1v) is 5.22. The summed E-state index contributed by atoms with van der Waals surface area (Å²) in [6.07, 6.45) is 3.67. The van der Waals surface area contributed by atoms with Crippen molar-refractivity contribution >= 4 is 21.7 Å². The van der Waals surface area contributed by atoms with Crippen molar-refractivity contribution < 1.29 is 9.21 Å². The number of carbonyl (C=O) groups excluding carboxylic acids is 1. The van der Waals surface area contributed by atoms with E-state index in [0.717, 1.165) is 5.56 Å². The van der Waals surface area contributed by atoms with Crippen LogP contribution in [0.3, 0.4) is 0 Å². The van der Waals surface area contributed by atoms with Crippen molar-refractivity contribution in [1.82, 2.24) is 4.98 Å². The molecule has 0 unspecified atom stereocenters. The van der Waals surface area contributed by atoms with E-state index in [2.05, 4.69) is 20.9 Å². The molecule has 3 nitrogen and oxygen atoms in total. The van der Waals surface area contributed by atoms with Crippen LogP contribution in [-0.2, 0) is 6.42 Å². The number of halogens is 1. The standard InChI is InChI=1S/C11H8BrNO2/c12-11-4-3-10(15-11)9(14)6-8-2-1-5-13-7-8/h1-5,7H,6H2. The van der Waals surface area contributed by atoms with Crippen LogP contribution >= 0.6 is 15.9 Å². The van der Waals surface area contributed by atoms with E-state index in [1.165, 1.54) is 0 Å². The van der Waals surface area contributed by atoms with Crippen molar-refractivity contribution in [3.63, 3.8) is 0 Å². The van der Waals surface area contributed by atoms with E-state index in [-0.39, 0.29) is 5.78 Å². The first kappa shape index (κ1) is 10.1. The molecule has 0 radical (unpaired) electrons. The lowest BCUT2D eigenvalue weighted by Crippen LogP contribution is -2.01. The summed E-state index contributed by atoms with van der Waals surface area (Å²) in [5.41, 5.74) is 0.884. The summed E-state index contributed by atoms with van der Waals surface area (Å²) < 4.78 is 5.73. The number of ketones is 1. The first-order chi connectivity index (χ1) is 7.25. The van der Waals surface area contributed by atoms with E-state index >= 15 is 0 Å². The molecule has 0 aromatic carbocycles. The Balaban J connectivity index is 2.11. The van der Waals surface area contributed by atoms with Gasteiger partial charge in [0.2, 0.25) is 5.78 Å². The first-order valence-electron chi connectivity index (χ1n) is 4.43. The summed E-state index contributed by atoms with van der Waals surface area (Å²) in [5.74, 6) is 0.319. The second-order valence-corrected chi connectivity index (χ2v) is 3.85. The lowest BCUT2D eigenvalue weighted by molar-refractivity contribution is 0.0965. The van der Waals surface area contributed by atoms with E-state index < -0.39 is 0 Å². The van der Waals surface area contributed by atoms with E-state index in [1.54, 1.807) is 30.6 Å². The number of carbonyl (C=O) groups is 1. The number of pyridine rings is 1. The van der Waals surface area contributed by atoms with Gasteiger partial charge < -0.3 is 4.42 Å². The van der Waals surface area contributed by atoms with Crippen LogP contribution in [0, 0.1) is 0 Å². The van der Waals surface area contributed by atoms with Crippen molar-refractivity contribution in [1.29, 1.82) is 0 Å². The molecular formula is C11H8BrNO2. The fraction of sp³-hybridized carbons (Fsp3) is 0.0909. The molecule has 0 aliphatic heterocycles. The van der Waals surface area contributed by atoms with E-state index in [1.807, 2.05) is 6.07 Å². The number of rotatable bonds is 3. The second kappa shape index (κ2) is 4.40. The Bertz CT molecular complexity index is 464. The molecule has 2 rings (SSSR count). The summed E-state index contributed by atoms with van der Waals surface area (Å²) in [7, 11) is 0. The minimum Gasteiger partial charge on any atom is -0.446 e. The topological polar surface area (TPSA) is 43.1 Å². The van der Waals surface area contributed by atoms with Gasteiger partial charge in [0, 0.05) is 18.8 Å². The quantitative estimate of drug-likeness (QED) is 0.802. The SMILES string of the molecule is O=C(Cc1cccnc1)c1ccc(Br)o1. The van der Waals surface area contributed by atoms with Crippen LogP contribution in [-0.4, -0.2) is 10.8 Å². The Kier molecular flexibility index (Phi) is 2.97. The minimum absolute atomic E-state index is 0.0475.